The number of nitrogens with zero attached hydrogens (tertiary/aromatic N) is 2. The molecule has 1 amide bonds. The average molecular weight is 202 g/mol. The highest BCUT2D eigenvalue weighted by Gasteiger charge is 2.09. The van der Waals surface area contributed by atoms with Crippen LogP contribution in [0.25, 0.3) is 0 Å². The maximum absolute atomic E-state index is 11.7. The summed E-state index contributed by atoms with van der Waals surface area (Å²) < 4.78 is 23.4. The summed E-state index contributed by atoms with van der Waals surface area (Å²) in [5.41, 5.74) is 5.18. The Morgan fingerprint density at radius 1 is 1.50 bits per heavy atom. The third-order valence-corrected chi connectivity index (χ3v) is 1.32. The van der Waals surface area contributed by atoms with Crippen molar-refractivity contribution in [1.29, 1.82) is 0 Å². The molecule has 0 aliphatic rings. The molecule has 14 heavy (non-hydrogen) atoms. The zero-order valence-corrected chi connectivity index (χ0v) is 7.08. The SMILES string of the molecule is Nc1cnc(C(=O)NCC(F)F)cn1. The van der Waals surface area contributed by atoms with E-state index in [-0.39, 0.29) is 11.5 Å². The molecule has 0 radical (unpaired) electrons. The Hall–Kier alpha value is -1.79. The van der Waals surface area contributed by atoms with Crippen molar-refractivity contribution in [3.63, 3.8) is 0 Å². The number of rotatable bonds is 3. The first-order valence-electron chi connectivity index (χ1n) is 3.73. The Kier molecular flexibility index (Phi) is 3.27. The summed E-state index contributed by atoms with van der Waals surface area (Å²) in [6, 6.07) is 0. The molecule has 1 aromatic rings. The summed E-state index contributed by atoms with van der Waals surface area (Å²) in [5.74, 6) is -0.534. The quantitative estimate of drug-likeness (QED) is 0.725. The van der Waals surface area contributed by atoms with Gasteiger partial charge in [-0.3, -0.25) is 4.79 Å². The second kappa shape index (κ2) is 4.45. The van der Waals surface area contributed by atoms with Crippen molar-refractivity contribution < 1.29 is 13.6 Å². The molecule has 1 rings (SSSR count). The van der Waals surface area contributed by atoms with Crippen LogP contribution in [0.4, 0.5) is 14.6 Å². The lowest BCUT2D eigenvalue weighted by Crippen LogP contribution is -2.29. The Morgan fingerprint density at radius 2 is 2.21 bits per heavy atom. The Balaban J connectivity index is 2.57. The molecule has 0 unspecified atom stereocenters. The Morgan fingerprint density at radius 3 is 2.71 bits per heavy atom. The van der Waals surface area contributed by atoms with Gasteiger partial charge in [-0.05, 0) is 0 Å². The molecule has 3 N–H and O–H groups in total. The van der Waals surface area contributed by atoms with Crippen molar-refractivity contribution in [1.82, 2.24) is 15.3 Å². The van der Waals surface area contributed by atoms with E-state index in [1.807, 2.05) is 5.32 Å². The lowest BCUT2D eigenvalue weighted by Gasteiger charge is -2.02. The van der Waals surface area contributed by atoms with E-state index in [4.69, 9.17) is 5.73 Å². The van der Waals surface area contributed by atoms with Crippen molar-refractivity contribution in [3.8, 4) is 0 Å². The number of aromatic nitrogens is 2. The van der Waals surface area contributed by atoms with Crippen molar-refractivity contribution in [2.24, 2.45) is 0 Å². The van der Waals surface area contributed by atoms with Gasteiger partial charge in [-0.25, -0.2) is 18.7 Å². The fourth-order valence-electron chi connectivity index (χ4n) is 0.716. The van der Waals surface area contributed by atoms with E-state index in [1.165, 1.54) is 6.20 Å². The van der Waals surface area contributed by atoms with Crippen LogP contribution in [-0.4, -0.2) is 28.8 Å². The summed E-state index contributed by atoms with van der Waals surface area (Å²) in [5, 5.41) is 1.99. The standard InChI is InChI=1S/C7H8F2N4O/c8-5(9)2-13-7(14)4-1-12-6(10)3-11-4/h1,3,5H,2H2,(H2,10,12)(H,13,14). The maximum atomic E-state index is 11.7. The summed E-state index contributed by atoms with van der Waals surface area (Å²) >= 11 is 0. The third-order valence-electron chi connectivity index (χ3n) is 1.32. The van der Waals surface area contributed by atoms with Crippen LogP contribution in [0.3, 0.4) is 0 Å². The van der Waals surface area contributed by atoms with Crippen LogP contribution in [0.5, 0.6) is 0 Å². The molecule has 0 saturated carbocycles. The Bertz CT molecular complexity index is 314. The van der Waals surface area contributed by atoms with Gasteiger partial charge >= 0.3 is 0 Å². The molecular formula is C7H8F2N4O. The van der Waals surface area contributed by atoms with Crippen LogP contribution in [0.2, 0.25) is 0 Å². The van der Waals surface area contributed by atoms with Crippen LogP contribution in [-0.2, 0) is 0 Å². The maximum Gasteiger partial charge on any atom is 0.271 e. The molecule has 0 spiro atoms. The van der Waals surface area contributed by atoms with Gasteiger partial charge in [-0.15, -0.1) is 0 Å². The molecule has 0 aliphatic carbocycles. The average Bonchev–Trinajstić information content (AvgIpc) is 2.15. The number of nitrogen functional groups attached to an aromatic ring is 1. The number of alkyl halides is 2. The molecule has 0 fully saturated rings. The number of nitrogens with one attached hydrogen (secondary N) is 1. The molecule has 0 aromatic carbocycles. The van der Waals surface area contributed by atoms with Crippen molar-refractivity contribution >= 4 is 11.7 Å². The van der Waals surface area contributed by atoms with Gasteiger partial charge in [0.05, 0.1) is 18.9 Å². The first-order valence-corrected chi connectivity index (χ1v) is 3.73. The van der Waals surface area contributed by atoms with E-state index < -0.39 is 18.9 Å². The number of hydrogen-bond acceptors (Lipinski definition) is 4. The predicted octanol–water partition coefficient (Wildman–Crippen LogP) is 0.0537. The number of carbonyl (C=O) groups is 1. The molecule has 1 heterocycles. The van der Waals surface area contributed by atoms with Gasteiger partial charge in [0, 0.05) is 0 Å². The highest BCUT2D eigenvalue weighted by Crippen LogP contribution is 1.96. The van der Waals surface area contributed by atoms with Crippen LogP contribution >= 0.6 is 0 Å². The topological polar surface area (TPSA) is 80.9 Å². The van der Waals surface area contributed by atoms with Gasteiger partial charge in [0.25, 0.3) is 12.3 Å². The molecule has 0 bridgehead atoms. The second-order valence-electron chi connectivity index (χ2n) is 2.43. The van der Waals surface area contributed by atoms with Gasteiger partial charge in [0.2, 0.25) is 0 Å². The fourth-order valence-corrected chi connectivity index (χ4v) is 0.716. The first kappa shape index (κ1) is 10.3. The smallest absolute Gasteiger partial charge is 0.271 e. The van der Waals surface area contributed by atoms with Gasteiger partial charge in [0.1, 0.15) is 11.5 Å². The van der Waals surface area contributed by atoms with Gasteiger partial charge in [0.15, 0.2) is 0 Å². The molecule has 0 saturated heterocycles. The number of amides is 1. The number of nitrogens with two attached hydrogens (primary N) is 1. The minimum atomic E-state index is -2.58. The van der Waals surface area contributed by atoms with E-state index in [0.717, 1.165) is 6.20 Å². The number of hydrogen-bond donors (Lipinski definition) is 2. The zero-order chi connectivity index (χ0) is 10.6. The molecule has 7 heteroatoms. The number of anilines is 1. The molecule has 0 atom stereocenters. The third kappa shape index (κ3) is 2.92. The molecule has 0 aliphatic heterocycles. The molecule has 5 nitrogen and oxygen atoms in total. The molecular weight excluding hydrogens is 194 g/mol. The van der Waals surface area contributed by atoms with Crippen LogP contribution < -0.4 is 11.1 Å². The van der Waals surface area contributed by atoms with Crippen LogP contribution in [0.15, 0.2) is 12.4 Å². The van der Waals surface area contributed by atoms with Gasteiger partial charge in [-0.2, -0.15) is 0 Å². The van der Waals surface area contributed by atoms with Gasteiger partial charge < -0.3 is 11.1 Å². The largest absolute Gasteiger partial charge is 0.382 e. The molecule has 76 valence electrons. The van der Waals surface area contributed by atoms with Crippen LogP contribution in [0, 0.1) is 0 Å². The highest BCUT2D eigenvalue weighted by molar-refractivity contribution is 5.91. The number of halogens is 2. The minimum Gasteiger partial charge on any atom is -0.382 e. The monoisotopic (exact) mass is 202 g/mol. The first-order chi connectivity index (χ1) is 6.59. The van der Waals surface area contributed by atoms with Crippen molar-refractivity contribution in [2.75, 3.05) is 12.3 Å². The van der Waals surface area contributed by atoms with E-state index in [9.17, 15) is 13.6 Å². The Labute approximate surface area is 78.3 Å². The lowest BCUT2D eigenvalue weighted by molar-refractivity contribution is 0.0886. The van der Waals surface area contributed by atoms with E-state index in [0.29, 0.717) is 0 Å². The number of carbonyl (C=O) groups excluding carboxylic acids is 1. The van der Waals surface area contributed by atoms with E-state index in [2.05, 4.69) is 9.97 Å². The second-order valence-corrected chi connectivity index (χ2v) is 2.43. The normalized spacial score (nSPS) is 10.2. The van der Waals surface area contributed by atoms with Crippen molar-refractivity contribution in [2.45, 2.75) is 6.43 Å². The zero-order valence-electron chi connectivity index (χ0n) is 7.08. The summed E-state index contributed by atoms with van der Waals surface area (Å²) in [6.45, 7) is -0.703. The minimum absolute atomic E-state index is 0.0418. The fraction of sp³-hybridized carbons (Fsp3) is 0.286. The van der Waals surface area contributed by atoms with E-state index >= 15 is 0 Å². The summed E-state index contributed by atoms with van der Waals surface area (Å²) in [6.07, 6.45) is -0.284. The lowest BCUT2D eigenvalue weighted by atomic mass is 10.4. The summed E-state index contributed by atoms with van der Waals surface area (Å²) in [7, 11) is 0. The summed E-state index contributed by atoms with van der Waals surface area (Å²) in [4.78, 5) is 18.3. The predicted molar refractivity (Wildman–Crippen MR) is 44.8 cm³/mol. The van der Waals surface area contributed by atoms with Crippen LogP contribution in [0.1, 0.15) is 10.5 Å². The molecule has 1 aromatic heterocycles. The van der Waals surface area contributed by atoms with Crippen molar-refractivity contribution in [3.05, 3.63) is 18.1 Å². The van der Waals surface area contributed by atoms with E-state index in [1.54, 1.807) is 0 Å². The highest BCUT2D eigenvalue weighted by atomic mass is 19.3. The van der Waals surface area contributed by atoms with Gasteiger partial charge in [-0.1, -0.05) is 0 Å².